The number of benzene rings is 2. The third kappa shape index (κ3) is 5.57. The molecule has 0 aliphatic rings. The Kier molecular flexibility index (Phi) is 6.25. The Bertz CT molecular complexity index is 1210. The van der Waals surface area contributed by atoms with Gasteiger partial charge in [-0.2, -0.15) is 0 Å². The molecule has 0 radical (unpaired) electrons. The van der Waals surface area contributed by atoms with Gasteiger partial charge in [-0.3, -0.25) is 10.0 Å². The fraction of sp³-hybridized carbons (Fsp3) is 0.200. The lowest BCUT2D eigenvalue weighted by molar-refractivity contribution is 0.121. The monoisotopic (exact) mass is 451 g/mol. The molecule has 164 valence electrons. The van der Waals surface area contributed by atoms with Gasteiger partial charge in [0, 0.05) is 11.3 Å². The van der Waals surface area contributed by atoms with E-state index in [1.807, 2.05) is 0 Å². The van der Waals surface area contributed by atoms with Crippen LogP contribution in [0.5, 0.6) is 0 Å². The van der Waals surface area contributed by atoms with Gasteiger partial charge in [0.05, 0.1) is 6.26 Å². The van der Waals surface area contributed by atoms with Gasteiger partial charge in [0.25, 0.3) is 0 Å². The first-order chi connectivity index (χ1) is 14.5. The average Bonchev–Trinajstić information content (AvgIpc) is 3.03. The van der Waals surface area contributed by atoms with E-state index in [9.17, 15) is 22.0 Å². The summed E-state index contributed by atoms with van der Waals surface area (Å²) < 4.78 is 62.0. The molecule has 8 nitrogen and oxygen atoms in total. The van der Waals surface area contributed by atoms with Crippen molar-refractivity contribution in [3.8, 4) is 11.3 Å². The summed E-state index contributed by atoms with van der Waals surface area (Å²) >= 11 is 0. The van der Waals surface area contributed by atoms with Crippen LogP contribution >= 0.6 is 0 Å². The van der Waals surface area contributed by atoms with E-state index >= 15 is 0 Å². The molecule has 3 aromatic rings. The molecule has 0 spiro atoms. The molecular weight excluding hydrogens is 432 g/mol. The van der Waals surface area contributed by atoms with Crippen LogP contribution in [-0.2, 0) is 14.8 Å². The number of aromatic nitrogens is 1. The van der Waals surface area contributed by atoms with Gasteiger partial charge in [0.15, 0.2) is 17.4 Å². The molecule has 0 aliphatic carbocycles. The first-order valence-corrected chi connectivity index (χ1v) is 10.9. The molecule has 2 aromatic carbocycles. The molecule has 11 heteroatoms. The van der Waals surface area contributed by atoms with Crippen molar-refractivity contribution in [1.29, 1.82) is 0 Å². The van der Waals surface area contributed by atoms with Crippen molar-refractivity contribution in [3.63, 3.8) is 0 Å². The molecule has 1 aromatic heterocycles. The van der Waals surface area contributed by atoms with Gasteiger partial charge in [-0.25, -0.2) is 22.0 Å². The van der Waals surface area contributed by atoms with Gasteiger partial charge < -0.3 is 9.26 Å². The predicted molar refractivity (Wildman–Crippen MR) is 110 cm³/mol. The number of anilines is 2. The highest BCUT2D eigenvalue weighted by molar-refractivity contribution is 7.92. The molecule has 1 amide bonds. The summed E-state index contributed by atoms with van der Waals surface area (Å²) in [5, 5.41) is 6.38. The van der Waals surface area contributed by atoms with E-state index in [-0.39, 0.29) is 17.0 Å². The number of hydrogen-bond donors (Lipinski definition) is 2. The van der Waals surface area contributed by atoms with Crippen molar-refractivity contribution in [2.24, 2.45) is 0 Å². The number of nitrogens with zero attached hydrogens (tertiary/aromatic N) is 1. The first kappa shape index (κ1) is 22.2. The van der Waals surface area contributed by atoms with Gasteiger partial charge in [0.1, 0.15) is 17.5 Å². The van der Waals surface area contributed by atoms with Crippen LogP contribution in [0.15, 0.2) is 47.0 Å². The van der Waals surface area contributed by atoms with Crippen molar-refractivity contribution >= 4 is 27.5 Å². The van der Waals surface area contributed by atoms with Crippen LogP contribution in [0.25, 0.3) is 11.3 Å². The number of carbonyl (C=O) groups excluding carboxylic acids is 1. The van der Waals surface area contributed by atoms with E-state index in [0.29, 0.717) is 16.9 Å². The topological polar surface area (TPSA) is 111 Å². The molecule has 0 fully saturated rings. The van der Waals surface area contributed by atoms with E-state index in [1.165, 1.54) is 25.1 Å². The van der Waals surface area contributed by atoms with Crippen LogP contribution in [0.1, 0.15) is 24.3 Å². The summed E-state index contributed by atoms with van der Waals surface area (Å²) in [4.78, 5) is 12.3. The van der Waals surface area contributed by atoms with E-state index in [1.54, 1.807) is 19.1 Å². The second-order valence-electron chi connectivity index (χ2n) is 6.77. The maximum absolute atomic E-state index is 13.4. The molecule has 3 rings (SSSR count). The van der Waals surface area contributed by atoms with Crippen LogP contribution < -0.4 is 10.0 Å². The molecular formula is C20H19F2N3O5S. The summed E-state index contributed by atoms with van der Waals surface area (Å²) in [7, 11) is -3.42. The van der Waals surface area contributed by atoms with Crippen molar-refractivity contribution in [3.05, 3.63) is 65.4 Å². The van der Waals surface area contributed by atoms with Crippen LogP contribution in [0.3, 0.4) is 0 Å². The lowest BCUT2D eigenvalue weighted by atomic mass is 10.1. The third-order valence-electron chi connectivity index (χ3n) is 4.24. The molecule has 0 saturated heterocycles. The van der Waals surface area contributed by atoms with Crippen LogP contribution in [0.2, 0.25) is 0 Å². The second-order valence-corrected chi connectivity index (χ2v) is 8.52. The molecule has 1 heterocycles. The standard InChI is InChI=1S/C20H19F2N3O5S/c1-11-18(23-20(26)29-12(2)14-6-9-16(21)17(22)10-14)19(30-24-11)13-4-7-15(8-5-13)25-31(3,27)28/h4-10,12,25H,1-3H3,(H,23,26). The molecule has 31 heavy (non-hydrogen) atoms. The van der Waals surface area contributed by atoms with Crippen molar-refractivity contribution in [2.75, 3.05) is 16.3 Å². The Morgan fingerprint density at radius 3 is 2.42 bits per heavy atom. The number of aryl methyl sites for hydroxylation is 1. The predicted octanol–water partition coefficient (Wildman–Crippen LogP) is 4.61. The van der Waals surface area contributed by atoms with Gasteiger partial charge in [-0.15, -0.1) is 0 Å². The fourth-order valence-electron chi connectivity index (χ4n) is 2.74. The summed E-state index contributed by atoms with van der Waals surface area (Å²) in [6, 6.07) is 9.46. The Morgan fingerprint density at radius 2 is 1.81 bits per heavy atom. The number of rotatable bonds is 6. The van der Waals surface area contributed by atoms with Crippen molar-refractivity contribution in [1.82, 2.24) is 5.16 Å². The Balaban J connectivity index is 1.74. The molecule has 0 aliphatic heterocycles. The quantitative estimate of drug-likeness (QED) is 0.566. The summed E-state index contributed by atoms with van der Waals surface area (Å²) in [6.07, 6.45) is -0.657. The van der Waals surface area contributed by atoms with E-state index in [0.717, 1.165) is 18.4 Å². The maximum Gasteiger partial charge on any atom is 0.412 e. The third-order valence-corrected chi connectivity index (χ3v) is 4.84. The Hall–Kier alpha value is -3.47. The SMILES string of the molecule is Cc1noc(-c2ccc(NS(C)(=O)=O)cc2)c1NC(=O)OC(C)c1ccc(F)c(F)c1. The number of nitrogens with one attached hydrogen (secondary N) is 2. The zero-order valence-corrected chi connectivity index (χ0v) is 17.6. The zero-order valence-electron chi connectivity index (χ0n) is 16.8. The Labute approximate surface area is 177 Å². The highest BCUT2D eigenvalue weighted by atomic mass is 32.2. The van der Waals surface area contributed by atoms with Gasteiger partial charge in [0.2, 0.25) is 10.0 Å². The summed E-state index contributed by atoms with van der Waals surface area (Å²) in [5.41, 5.74) is 1.81. The van der Waals surface area contributed by atoms with Crippen molar-refractivity contribution in [2.45, 2.75) is 20.0 Å². The highest BCUT2D eigenvalue weighted by Gasteiger charge is 2.20. The number of ether oxygens (including phenoxy) is 1. The minimum atomic E-state index is -3.42. The van der Waals surface area contributed by atoms with E-state index < -0.39 is 33.9 Å². The minimum Gasteiger partial charge on any atom is -0.441 e. The lowest BCUT2D eigenvalue weighted by Gasteiger charge is -2.14. The highest BCUT2D eigenvalue weighted by Crippen LogP contribution is 2.32. The maximum atomic E-state index is 13.4. The zero-order chi connectivity index (χ0) is 22.8. The molecule has 2 N–H and O–H groups in total. The van der Waals surface area contributed by atoms with Crippen molar-refractivity contribution < 1.29 is 31.3 Å². The van der Waals surface area contributed by atoms with Gasteiger partial charge in [-0.1, -0.05) is 11.2 Å². The number of halogens is 2. The average molecular weight is 451 g/mol. The smallest absolute Gasteiger partial charge is 0.412 e. The van der Waals surface area contributed by atoms with E-state index in [2.05, 4.69) is 15.2 Å². The molecule has 1 unspecified atom stereocenters. The number of sulfonamides is 1. The summed E-state index contributed by atoms with van der Waals surface area (Å²) in [6.45, 7) is 3.13. The molecule has 0 saturated carbocycles. The lowest BCUT2D eigenvalue weighted by Crippen LogP contribution is -2.17. The number of amides is 1. The fourth-order valence-corrected chi connectivity index (χ4v) is 3.31. The van der Waals surface area contributed by atoms with Crippen LogP contribution in [0, 0.1) is 18.6 Å². The van der Waals surface area contributed by atoms with Crippen LogP contribution in [0.4, 0.5) is 25.0 Å². The normalized spacial score (nSPS) is 12.3. The summed E-state index contributed by atoms with van der Waals surface area (Å²) in [5.74, 6) is -1.80. The van der Waals surface area contributed by atoms with Gasteiger partial charge in [-0.05, 0) is 55.8 Å². The van der Waals surface area contributed by atoms with Gasteiger partial charge >= 0.3 is 6.09 Å². The molecule has 1 atom stereocenters. The number of carbonyl (C=O) groups is 1. The van der Waals surface area contributed by atoms with E-state index in [4.69, 9.17) is 9.26 Å². The Morgan fingerprint density at radius 1 is 1.13 bits per heavy atom. The van der Waals surface area contributed by atoms with Crippen LogP contribution in [-0.4, -0.2) is 25.9 Å². The largest absolute Gasteiger partial charge is 0.441 e. The number of hydrogen-bond acceptors (Lipinski definition) is 6. The first-order valence-electron chi connectivity index (χ1n) is 9.00. The minimum absolute atomic E-state index is 0.237. The second kappa shape index (κ2) is 8.72. The molecule has 0 bridgehead atoms.